The highest BCUT2D eigenvalue weighted by molar-refractivity contribution is 7.91. The minimum absolute atomic E-state index is 0.0231. The van der Waals surface area contributed by atoms with Gasteiger partial charge in [-0.3, -0.25) is 0 Å². The number of hydrogen-bond donors (Lipinski definition) is 2. The topological polar surface area (TPSA) is 96.0 Å². The molecular weight excluding hydrogens is 294 g/mol. The normalized spacial score (nSPS) is 17.2. The summed E-state index contributed by atoms with van der Waals surface area (Å²) in [6.07, 6.45) is 3.50. The Morgan fingerprint density at radius 3 is 2.60 bits per heavy atom. The highest BCUT2D eigenvalue weighted by Gasteiger charge is 2.33. The van der Waals surface area contributed by atoms with Crippen LogP contribution in [0, 0.1) is 16.7 Å². The van der Waals surface area contributed by atoms with Crippen molar-refractivity contribution < 1.29 is 8.42 Å². The van der Waals surface area contributed by atoms with Gasteiger partial charge in [-0.1, -0.05) is 20.3 Å². The fourth-order valence-electron chi connectivity index (χ4n) is 2.33. The predicted molar refractivity (Wildman–Crippen MR) is 81.6 cm³/mol. The van der Waals surface area contributed by atoms with Crippen LogP contribution in [0.3, 0.4) is 0 Å². The lowest BCUT2D eigenvalue weighted by molar-refractivity contribution is 0.180. The second kappa shape index (κ2) is 5.26. The van der Waals surface area contributed by atoms with Gasteiger partial charge in [0.05, 0.1) is 11.4 Å². The first-order valence-corrected chi connectivity index (χ1v) is 9.09. The third-order valence-electron chi connectivity index (χ3n) is 3.93. The van der Waals surface area contributed by atoms with Gasteiger partial charge in [0, 0.05) is 6.54 Å². The third-order valence-corrected chi connectivity index (χ3v) is 6.93. The average molecular weight is 313 g/mol. The molecule has 1 aromatic rings. The summed E-state index contributed by atoms with van der Waals surface area (Å²) in [5.41, 5.74) is 6.14. The SMILES string of the molecule is CCS(=O)(=O)c1c(NCC2(C)CCC2)sc(C#N)c1N. The number of nitrogens with one attached hydrogen (secondary N) is 1. The molecule has 0 unspecified atom stereocenters. The summed E-state index contributed by atoms with van der Waals surface area (Å²) >= 11 is 1.13. The highest BCUT2D eigenvalue weighted by atomic mass is 32.2. The monoisotopic (exact) mass is 313 g/mol. The summed E-state index contributed by atoms with van der Waals surface area (Å²) in [4.78, 5) is 0.364. The minimum Gasteiger partial charge on any atom is -0.396 e. The molecule has 0 spiro atoms. The molecule has 0 aliphatic heterocycles. The number of rotatable bonds is 5. The number of nitriles is 1. The van der Waals surface area contributed by atoms with E-state index in [1.165, 1.54) is 6.42 Å². The Hall–Kier alpha value is -1.26. The molecule has 1 aliphatic carbocycles. The summed E-state index contributed by atoms with van der Waals surface area (Å²) < 4.78 is 24.3. The van der Waals surface area contributed by atoms with Crippen molar-refractivity contribution in [2.24, 2.45) is 5.41 Å². The predicted octanol–water partition coefficient (Wildman–Crippen LogP) is 2.60. The van der Waals surface area contributed by atoms with E-state index in [0.717, 1.165) is 24.2 Å². The van der Waals surface area contributed by atoms with Crippen LogP contribution in [0.4, 0.5) is 10.7 Å². The van der Waals surface area contributed by atoms with Crippen LogP contribution >= 0.6 is 11.3 Å². The van der Waals surface area contributed by atoms with Crippen molar-refractivity contribution in [1.82, 2.24) is 0 Å². The van der Waals surface area contributed by atoms with Gasteiger partial charge in [0.1, 0.15) is 20.8 Å². The molecule has 1 aromatic heterocycles. The lowest BCUT2D eigenvalue weighted by atomic mass is 9.70. The van der Waals surface area contributed by atoms with Crippen LogP contribution < -0.4 is 11.1 Å². The molecule has 1 aliphatic rings. The standard InChI is InChI=1S/C13H19N3O2S2/c1-3-20(17,18)11-10(15)9(7-14)19-12(11)16-8-13(2)5-4-6-13/h16H,3-6,8,15H2,1-2H3. The Balaban J connectivity index is 2.34. The van der Waals surface area contributed by atoms with Crippen LogP contribution in [0.2, 0.25) is 0 Å². The molecular formula is C13H19N3O2S2. The Labute approximate surface area is 123 Å². The molecule has 7 heteroatoms. The van der Waals surface area contributed by atoms with E-state index in [1.54, 1.807) is 6.92 Å². The molecule has 0 amide bonds. The number of anilines is 2. The van der Waals surface area contributed by atoms with Crippen molar-refractivity contribution >= 4 is 31.9 Å². The zero-order valence-corrected chi connectivity index (χ0v) is 13.3. The largest absolute Gasteiger partial charge is 0.396 e. The second-order valence-corrected chi connectivity index (χ2v) is 8.77. The van der Waals surface area contributed by atoms with Gasteiger partial charge in [-0.25, -0.2) is 8.42 Å². The summed E-state index contributed by atoms with van der Waals surface area (Å²) in [5, 5.41) is 12.7. The van der Waals surface area contributed by atoms with Crippen LogP contribution in [0.15, 0.2) is 4.90 Å². The van der Waals surface area contributed by atoms with E-state index < -0.39 is 9.84 Å². The quantitative estimate of drug-likeness (QED) is 0.871. The first kappa shape index (κ1) is 15.1. The van der Waals surface area contributed by atoms with Gasteiger partial charge >= 0.3 is 0 Å². The van der Waals surface area contributed by atoms with Crippen molar-refractivity contribution in [2.75, 3.05) is 23.3 Å². The number of nitrogen functional groups attached to an aromatic ring is 1. The zero-order chi connectivity index (χ0) is 15.0. The number of sulfone groups is 1. The van der Waals surface area contributed by atoms with Gasteiger partial charge in [0.25, 0.3) is 0 Å². The van der Waals surface area contributed by atoms with E-state index in [-0.39, 0.29) is 26.6 Å². The first-order chi connectivity index (χ1) is 9.33. The number of thiophene rings is 1. The molecule has 2 rings (SSSR count). The summed E-state index contributed by atoms with van der Waals surface area (Å²) in [5.74, 6) is -0.0231. The smallest absolute Gasteiger partial charge is 0.183 e. The Kier molecular flexibility index (Phi) is 3.98. The van der Waals surface area contributed by atoms with Gasteiger partial charge in [-0.15, -0.1) is 11.3 Å². The lowest BCUT2D eigenvalue weighted by Crippen LogP contribution is -2.33. The number of nitrogens with two attached hydrogens (primary N) is 1. The lowest BCUT2D eigenvalue weighted by Gasteiger charge is -2.38. The van der Waals surface area contributed by atoms with Gasteiger partial charge in [0.2, 0.25) is 0 Å². The molecule has 0 atom stereocenters. The number of nitrogens with zero attached hydrogens (tertiary/aromatic N) is 1. The van der Waals surface area contributed by atoms with E-state index in [1.807, 2.05) is 6.07 Å². The van der Waals surface area contributed by atoms with E-state index in [2.05, 4.69) is 12.2 Å². The molecule has 0 saturated heterocycles. The van der Waals surface area contributed by atoms with Crippen LogP contribution in [-0.2, 0) is 9.84 Å². The molecule has 0 bridgehead atoms. The van der Waals surface area contributed by atoms with Gasteiger partial charge in [0.15, 0.2) is 9.84 Å². The van der Waals surface area contributed by atoms with Gasteiger partial charge in [-0.05, 0) is 18.3 Å². The van der Waals surface area contributed by atoms with Gasteiger partial charge in [-0.2, -0.15) is 5.26 Å². The second-order valence-electron chi connectivity index (χ2n) is 5.54. The zero-order valence-electron chi connectivity index (χ0n) is 11.7. The molecule has 0 radical (unpaired) electrons. The summed E-state index contributed by atoms with van der Waals surface area (Å²) in [7, 11) is -3.43. The summed E-state index contributed by atoms with van der Waals surface area (Å²) in [6.45, 7) is 4.47. The molecule has 110 valence electrons. The molecule has 3 N–H and O–H groups in total. The Morgan fingerprint density at radius 2 is 2.15 bits per heavy atom. The van der Waals surface area contributed by atoms with Crippen LogP contribution in [0.1, 0.15) is 38.0 Å². The van der Waals surface area contributed by atoms with Crippen LogP contribution in [-0.4, -0.2) is 20.7 Å². The molecule has 0 aromatic carbocycles. The molecule has 1 saturated carbocycles. The van der Waals surface area contributed by atoms with Gasteiger partial charge < -0.3 is 11.1 Å². The highest BCUT2D eigenvalue weighted by Crippen LogP contribution is 2.43. The molecule has 1 heterocycles. The molecule has 1 fully saturated rings. The van der Waals surface area contributed by atoms with E-state index in [0.29, 0.717) is 11.5 Å². The Bertz CT molecular complexity index is 652. The maximum atomic E-state index is 12.2. The minimum atomic E-state index is -3.43. The van der Waals surface area contributed by atoms with Crippen molar-refractivity contribution in [2.45, 2.75) is 38.0 Å². The first-order valence-electron chi connectivity index (χ1n) is 6.62. The molecule has 20 heavy (non-hydrogen) atoms. The fraction of sp³-hybridized carbons (Fsp3) is 0.615. The van der Waals surface area contributed by atoms with E-state index in [9.17, 15) is 8.42 Å². The average Bonchev–Trinajstić information content (AvgIpc) is 2.71. The van der Waals surface area contributed by atoms with Crippen molar-refractivity contribution in [1.29, 1.82) is 5.26 Å². The maximum absolute atomic E-state index is 12.2. The van der Waals surface area contributed by atoms with Crippen LogP contribution in [0.25, 0.3) is 0 Å². The third kappa shape index (κ3) is 2.63. The summed E-state index contributed by atoms with van der Waals surface area (Å²) in [6, 6.07) is 1.97. The van der Waals surface area contributed by atoms with E-state index >= 15 is 0 Å². The maximum Gasteiger partial charge on any atom is 0.183 e. The van der Waals surface area contributed by atoms with E-state index in [4.69, 9.17) is 11.0 Å². The van der Waals surface area contributed by atoms with Crippen molar-refractivity contribution in [3.05, 3.63) is 4.88 Å². The fourth-order valence-corrected chi connectivity index (χ4v) is 4.79. The van der Waals surface area contributed by atoms with Crippen molar-refractivity contribution in [3.63, 3.8) is 0 Å². The Morgan fingerprint density at radius 1 is 1.50 bits per heavy atom. The molecule has 5 nitrogen and oxygen atoms in total. The number of hydrogen-bond acceptors (Lipinski definition) is 6. The van der Waals surface area contributed by atoms with Crippen molar-refractivity contribution in [3.8, 4) is 6.07 Å². The van der Waals surface area contributed by atoms with Crippen LogP contribution in [0.5, 0.6) is 0 Å².